The fourth-order valence-electron chi connectivity index (χ4n) is 2.66. The Balaban J connectivity index is 1.98. The molecule has 5 nitrogen and oxygen atoms in total. The second-order valence-electron chi connectivity index (χ2n) is 5.20. The lowest BCUT2D eigenvalue weighted by Gasteiger charge is -2.26. The molecule has 1 saturated heterocycles. The molecule has 6 heteroatoms. The number of β-amino-alcohol motifs (C(OH)–C–C–N with tert-alkyl or cyclic N) is 1. The molecule has 0 aromatic heterocycles. The molecule has 1 unspecified atom stereocenters. The Hall–Kier alpha value is -0.950. The van der Waals surface area contributed by atoms with Crippen LogP contribution in [0.5, 0.6) is 0 Å². The lowest BCUT2D eigenvalue weighted by atomic mass is 10.1. The number of nitrogens with zero attached hydrogens (tertiary/aromatic N) is 1. The summed E-state index contributed by atoms with van der Waals surface area (Å²) in [4.78, 5) is 2.08. The van der Waals surface area contributed by atoms with Crippen molar-refractivity contribution in [3.05, 3.63) is 35.9 Å². The van der Waals surface area contributed by atoms with Gasteiger partial charge in [0.15, 0.2) is 0 Å². The van der Waals surface area contributed by atoms with Crippen molar-refractivity contribution < 1.29 is 13.5 Å². The van der Waals surface area contributed by atoms with Crippen LogP contribution < -0.4 is 4.72 Å². The van der Waals surface area contributed by atoms with Crippen LogP contribution in [0, 0.1) is 0 Å². The zero-order valence-electron chi connectivity index (χ0n) is 11.7. The molecule has 1 aliphatic heterocycles. The molecule has 0 saturated carbocycles. The number of sulfonamides is 1. The second-order valence-corrected chi connectivity index (χ2v) is 7.17. The molecule has 2 atom stereocenters. The van der Waals surface area contributed by atoms with E-state index in [4.69, 9.17) is 0 Å². The highest BCUT2D eigenvalue weighted by molar-refractivity contribution is 7.89. The number of nitrogens with one attached hydrogen (secondary N) is 1. The molecule has 0 bridgehead atoms. The first-order chi connectivity index (χ1) is 9.52. The molecular formula is C14H22N2O3S. The van der Waals surface area contributed by atoms with Gasteiger partial charge in [0.2, 0.25) is 10.0 Å². The van der Waals surface area contributed by atoms with Crippen molar-refractivity contribution in [2.75, 3.05) is 25.9 Å². The third-order valence-electron chi connectivity index (χ3n) is 3.81. The van der Waals surface area contributed by atoms with Gasteiger partial charge in [0.05, 0.1) is 11.9 Å². The molecular weight excluding hydrogens is 276 g/mol. The maximum Gasteiger partial charge on any atom is 0.212 e. The van der Waals surface area contributed by atoms with Gasteiger partial charge in [-0.15, -0.1) is 0 Å². The number of likely N-dealkylation sites (tertiary alicyclic amines) is 1. The van der Waals surface area contributed by atoms with Crippen molar-refractivity contribution in [3.63, 3.8) is 0 Å². The maximum absolute atomic E-state index is 11.7. The van der Waals surface area contributed by atoms with Gasteiger partial charge in [-0.25, -0.2) is 13.1 Å². The number of benzene rings is 1. The monoisotopic (exact) mass is 298 g/mol. The Morgan fingerprint density at radius 1 is 1.40 bits per heavy atom. The Bertz CT molecular complexity index is 518. The smallest absolute Gasteiger partial charge is 0.212 e. The van der Waals surface area contributed by atoms with Crippen molar-refractivity contribution in [1.29, 1.82) is 0 Å². The number of hydrogen-bond donors (Lipinski definition) is 2. The van der Waals surface area contributed by atoms with Gasteiger partial charge in [0.1, 0.15) is 0 Å². The van der Waals surface area contributed by atoms with Gasteiger partial charge in [-0.05, 0) is 32.0 Å². The van der Waals surface area contributed by atoms with E-state index in [1.54, 1.807) is 0 Å². The predicted octanol–water partition coefficient (Wildman–Crippen LogP) is 0.734. The molecule has 1 aromatic rings. The van der Waals surface area contributed by atoms with Crippen molar-refractivity contribution in [1.82, 2.24) is 9.62 Å². The number of hydrogen-bond acceptors (Lipinski definition) is 4. The summed E-state index contributed by atoms with van der Waals surface area (Å²) in [5.74, 6) is 0.102. The standard InChI is InChI=1S/C14H22N2O3S/c1-15-20(18,19)11-13-8-5-9-16(13)10-14(17)12-6-3-2-4-7-12/h2-4,6-7,13-15,17H,5,8-11H2,1H3/t13?,14-/m1/s1. The molecule has 1 heterocycles. The van der Waals surface area contributed by atoms with E-state index in [2.05, 4.69) is 9.62 Å². The third-order valence-corrected chi connectivity index (χ3v) is 5.26. The summed E-state index contributed by atoms with van der Waals surface area (Å²) < 4.78 is 25.7. The van der Waals surface area contributed by atoms with E-state index in [1.807, 2.05) is 30.3 Å². The summed E-state index contributed by atoms with van der Waals surface area (Å²) in [6.45, 7) is 1.32. The van der Waals surface area contributed by atoms with Crippen molar-refractivity contribution in [3.8, 4) is 0 Å². The van der Waals surface area contributed by atoms with Crippen molar-refractivity contribution >= 4 is 10.0 Å². The fraction of sp³-hybridized carbons (Fsp3) is 0.571. The van der Waals surface area contributed by atoms with Crippen LogP contribution in [0.15, 0.2) is 30.3 Å². The van der Waals surface area contributed by atoms with Crippen LogP contribution in [0.1, 0.15) is 24.5 Å². The molecule has 0 aliphatic carbocycles. The zero-order valence-corrected chi connectivity index (χ0v) is 12.5. The molecule has 2 rings (SSSR count). The quantitative estimate of drug-likeness (QED) is 0.812. The van der Waals surface area contributed by atoms with Crippen LogP contribution in [-0.4, -0.2) is 50.4 Å². The largest absolute Gasteiger partial charge is 0.387 e. The summed E-state index contributed by atoms with van der Waals surface area (Å²) in [7, 11) is -1.77. The average Bonchev–Trinajstić information content (AvgIpc) is 2.86. The van der Waals surface area contributed by atoms with E-state index in [0.29, 0.717) is 6.54 Å². The van der Waals surface area contributed by atoms with E-state index in [9.17, 15) is 13.5 Å². The molecule has 0 spiro atoms. The van der Waals surface area contributed by atoms with E-state index in [1.165, 1.54) is 7.05 Å². The highest BCUT2D eigenvalue weighted by atomic mass is 32.2. The normalized spacial score (nSPS) is 22.0. The predicted molar refractivity (Wildman–Crippen MR) is 78.8 cm³/mol. The molecule has 2 N–H and O–H groups in total. The highest BCUT2D eigenvalue weighted by Crippen LogP contribution is 2.22. The van der Waals surface area contributed by atoms with Crippen LogP contribution in [0.4, 0.5) is 0 Å². The Labute approximate surface area is 120 Å². The Morgan fingerprint density at radius 3 is 2.75 bits per heavy atom. The minimum atomic E-state index is -3.21. The van der Waals surface area contributed by atoms with Crippen LogP contribution in [0.2, 0.25) is 0 Å². The molecule has 1 aromatic carbocycles. The van der Waals surface area contributed by atoms with Gasteiger partial charge in [-0.2, -0.15) is 0 Å². The summed E-state index contributed by atoms with van der Waals surface area (Å²) in [5, 5.41) is 10.2. The van der Waals surface area contributed by atoms with Crippen LogP contribution in [-0.2, 0) is 10.0 Å². The van der Waals surface area contributed by atoms with E-state index in [0.717, 1.165) is 24.9 Å². The summed E-state index contributed by atoms with van der Waals surface area (Å²) in [6.07, 6.45) is 1.27. The lowest BCUT2D eigenvalue weighted by Crippen LogP contribution is -2.40. The van der Waals surface area contributed by atoms with Gasteiger partial charge in [0.25, 0.3) is 0 Å². The number of aliphatic hydroxyl groups is 1. The maximum atomic E-state index is 11.7. The third kappa shape index (κ3) is 4.02. The molecule has 20 heavy (non-hydrogen) atoms. The first kappa shape index (κ1) is 15.4. The van der Waals surface area contributed by atoms with E-state index in [-0.39, 0.29) is 11.8 Å². The lowest BCUT2D eigenvalue weighted by molar-refractivity contribution is 0.110. The van der Waals surface area contributed by atoms with Crippen molar-refractivity contribution in [2.45, 2.75) is 25.0 Å². The van der Waals surface area contributed by atoms with Crippen LogP contribution in [0.25, 0.3) is 0 Å². The number of rotatable bonds is 6. The van der Waals surface area contributed by atoms with E-state index >= 15 is 0 Å². The Kier molecular flexibility index (Phi) is 5.15. The van der Waals surface area contributed by atoms with E-state index < -0.39 is 16.1 Å². The number of aliphatic hydroxyl groups excluding tert-OH is 1. The van der Waals surface area contributed by atoms with Crippen LogP contribution in [0.3, 0.4) is 0 Å². The molecule has 1 aliphatic rings. The van der Waals surface area contributed by atoms with Gasteiger partial charge in [-0.1, -0.05) is 30.3 Å². The first-order valence-electron chi connectivity index (χ1n) is 6.90. The topological polar surface area (TPSA) is 69.6 Å². The average molecular weight is 298 g/mol. The van der Waals surface area contributed by atoms with Gasteiger partial charge in [-0.3, -0.25) is 4.90 Å². The van der Waals surface area contributed by atoms with Crippen LogP contribution >= 0.6 is 0 Å². The van der Waals surface area contributed by atoms with Gasteiger partial charge >= 0.3 is 0 Å². The minimum Gasteiger partial charge on any atom is -0.387 e. The Morgan fingerprint density at radius 2 is 2.10 bits per heavy atom. The summed E-state index contributed by atoms with van der Waals surface area (Å²) in [5.41, 5.74) is 0.870. The first-order valence-corrected chi connectivity index (χ1v) is 8.55. The minimum absolute atomic E-state index is 0.00851. The highest BCUT2D eigenvalue weighted by Gasteiger charge is 2.30. The summed E-state index contributed by atoms with van der Waals surface area (Å²) >= 11 is 0. The van der Waals surface area contributed by atoms with Gasteiger partial charge < -0.3 is 5.11 Å². The zero-order chi connectivity index (χ0) is 14.6. The molecule has 0 radical (unpaired) electrons. The molecule has 1 fully saturated rings. The summed E-state index contributed by atoms with van der Waals surface area (Å²) in [6, 6.07) is 9.47. The van der Waals surface area contributed by atoms with Crippen molar-refractivity contribution in [2.24, 2.45) is 0 Å². The second kappa shape index (κ2) is 6.67. The molecule has 112 valence electrons. The molecule has 0 amide bonds. The fourth-order valence-corrected chi connectivity index (χ4v) is 3.71. The van der Waals surface area contributed by atoms with Gasteiger partial charge in [0, 0.05) is 12.6 Å². The SMILES string of the molecule is CNS(=O)(=O)CC1CCCN1C[C@@H](O)c1ccccc1.